The van der Waals surface area contributed by atoms with Crippen LogP contribution >= 0.6 is 11.6 Å². The molecule has 2 N–H and O–H groups in total. The van der Waals surface area contributed by atoms with Crippen molar-refractivity contribution in [2.75, 3.05) is 6.54 Å². The van der Waals surface area contributed by atoms with Gasteiger partial charge in [-0.15, -0.1) is 0 Å². The summed E-state index contributed by atoms with van der Waals surface area (Å²) >= 11 is 5.90. The number of fused-ring (bicyclic) bond motifs is 1. The van der Waals surface area contributed by atoms with E-state index < -0.39 is 0 Å². The van der Waals surface area contributed by atoms with Gasteiger partial charge in [-0.3, -0.25) is 0 Å². The highest BCUT2D eigenvalue weighted by Gasteiger charge is 2.06. The second-order valence-electron chi connectivity index (χ2n) is 3.26. The van der Waals surface area contributed by atoms with Crippen LogP contribution in [0, 0.1) is 6.92 Å². The summed E-state index contributed by atoms with van der Waals surface area (Å²) in [7, 11) is 0. The molecule has 0 fully saturated rings. The van der Waals surface area contributed by atoms with Crippen molar-refractivity contribution in [3.8, 4) is 0 Å². The Bertz CT molecular complexity index is 462. The molecule has 0 spiro atoms. The minimum Gasteiger partial charge on any atom is -0.330 e. The van der Waals surface area contributed by atoms with Crippen LogP contribution in [0.2, 0.25) is 5.02 Å². The molecule has 0 aliphatic heterocycles. The molecule has 0 aliphatic rings. The molecule has 2 rings (SSSR count). The number of halogens is 1. The molecule has 0 aliphatic carbocycles. The number of hydrogen-bond acceptors (Lipinski definition) is 2. The van der Waals surface area contributed by atoms with Gasteiger partial charge in [0.15, 0.2) is 0 Å². The van der Waals surface area contributed by atoms with Crippen molar-refractivity contribution in [2.45, 2.75) is 13.3 Å². The summed E-state index contributed by atoms with van der Waals surface area (Å²) in [5, 5.41) is 0.720. The molecule has 0 bridgehead atoms. The molecule has 2 aromatic rings. The highest BCUT2D eigenvalue weighted by Crippen LogP contribution is 2.15. The Morgan fingerprint density at radius 1 is 1.50 bits per heavy atom. The van der Waals surface area contributed by atoms with E-state index in [1.54, 1.807) is 0 Å². The molecule has 0 saturated carbocycles. The van der Waals surface area contributed by atoms with E-state index in [4.69, 9.17) is 17.3 Å². The molecule has 2 heterocycles. The number of nitrogens with zero attached hydrogens (tertiary/aromatic N) is 2. The monoisotopic (exact) mass is 209 g/mol. The normalized spacial score (nSPS) is 11.1. The number of hydrogen-bond donors (Lipinski definition) is 1. The average molecular weight is 210 g/mol. The fraction of sp³-hybridized carbons (Fsp3) is 0.300. The number of pyridine rings is 1. The van der Waals surface area contributed by atoms with Crippen LogP contribution in [0.1, 0.15) is 11.4 Å². The first-order valence-corrected chi connectivity index (χ1v) is 4.93. The average Bonchev–Trinajstić information content (AvgIpc) is 2.46. The fourth-order valence-electron chi connectivity index (χ4n) is 1.56. The first-order valence-electron chi connectivity index (χ1n) is 4.55. The molecule has 0 radical (unpaired) electrons. The number of aromatic nitrogens is 2. The van der Waals surface area contributed by atoms with Gasteiger partial charge < -0.3 is 10.1 Å². The molecule has 0 unspecified atom stereocenters. The van der Waals surface area contributed by atoms with E-state index in [-0.39, 0.29) is 0 Å². The summed E-state index contributed by atoms with van der Waals surface area (Å²) in [5.41, 5.74) is 8.60. The van der Waals surface area contributed by atoms with Crippen LogP contribution in [0.4, 0.5) is 0 Å². The number of aryl methyl sites for hydroxylation is 1. The molecule has 0 saturated heterocycles. The maximum atomic E-state index is 5.90. The first-order chi connectivity index (χ1) is 6.72. The van der Waals surface area contributed by atoms with Crippen LogP contribution in [-0.4, -0.2) is 15.9 Å². The Balaban J connectivity index is 2.62. The molecule has 2 aromatic heterocycles. The van der Waals surface area contributed by atoms with Gasteiger partial charge in [0.2, 0.25) is 0 Å². The molecule has 14 heavy (non-hydrogen) atoms. The van der Waals surface area contributed by atoms with Gasteiger partial charge >= 0.3 is 0 Å². The van der Waals surface area contributed by atoms with Crippen molar-refractivity contribution in [2.24, 2.45) is 5.73 Å². The highest BCUT2D eigenvalue weighted by molar-refractivity contribution is 6.30. The lowest BCUT2D eigenvalue weighted by molar-refractivity contribution is 0.920. The van der Waals surface area contributed by atoms with Crippen molar-refractivity contribution in [3.05, 3.63) is 34.7 Å². The SMILES string of the molecule is Cc1c(CCN)nc2ccc(Cl)cn12. The molecule has 4 heteroatoms. The minimum atomic E-state index is 0.623. The summed E-state index contributed by atoms with van der Waals surface area (Å²) in [5.74, 6) is 0. The van der Waals surface area contributed by atoms with Gasteiger partial charge in [0.25, 0.3) is 0 Å². The van der Waals surface area contributed by atoms with E-state index in [1.165, 1.54) is 0 Å². The zero-order chi connectivity index (χ0) is 10.1. The Morgan fingerprint density at radius 3 is 3.00 bits per heavy atom. The predicted molar refractivity (Wildman–Crippen MR) is 57.7 cm³/mol. The molecule has 0 aromatic carbocycles. The van der Waals surface area contributed by atoms with Gasteiger partial charge in [-0.2, -0.15) is 0 Å². The van der Waals surface area contributed by atoms with Crippen LogP contribution in [0.5, 0.6) is 0 Å². The molecular weight excluding hydrogens is 198 g/mol. The summed E-state index contributed by atoms with van der Waals surface area (Å²) in [4.78, 5) is 4.47. The highest BCUT2D eigenvalue weighted by atomic mass is 35.5. The van der Waals surface area contributed by atoms with Crippen molar-refractivity contribution >= 4 is 17.2 Å². The van der Waals surface area contributed by atoms with E-state index >= 15 is 0 Å². The van der Waals surface area contributed by atoms with Gasteiger partial charge in [0, 0.05) is 18.3 Å². The third kappa shape index (κ3) is 1.49. The van der Waals surface area contributed by atoms with Crippen LogP contribution in [0.25, 0.3) is 5.65 Å². The minimum absolute atomic E-state index is 0.623. The zero-order valence-electron chi connectivity index (χ0n) is 8.00. The quantitative estimate of drug-likeness (QED) is 0.820. The zero-order valence-corrected chi connectivity index (χ0v) is 8.75. The Hall–Kier alpha value is -1.06. The summed E-state index contributed by atoms with van der Waals surface area (Å²) in [6.07, 6.45) is 2.68. The summed E-state index contributed by atoms with van der Waals surface area (Å²) in [6, 6.07) is 3.75. The fourth-order valence-corrected chi connectivity index (χ4v) is 1.72. The molecule has 0 amide bonds. The topological polar surface area (TPSA) is 43.3 Å². The second-order valence-corrected chi connectivity index (χ2v) is 3.69. The summed E-state index contributed by atoms with van der Waals surface area (Å²) in [6.45, 7) is 2.65. The van der Waals surface area contributed by atoms with Gasteiger partial charge in [-0.25, -0.2) is 4.98 Å². The smallest absolute Gasteiger partial charge is 0.137 e. The van der Waals surface area contributed by atoms with Crippen LogP contribution < -0.4 is 5.73 Å². The van der Waals surface area contributed by atoms with Crippen LogP contribution in [0.3, 0.4) is 0 Å². The third-order valence-corrected chi connectivity index (χ3v) is 2.52. The number of rotatable bonds is 2. The molecule has 0 atom stereocenters. The third-order valence-electron chi connectivity index (χ3n) is 2.30. The maximum absolute atomic E-state index is 5.90. The standard InChI is InChI=1S/C10H12ClN3/c1-7-9(4-5-12)13-10-3-2-8(11)6-14(7)10/h2-3,6H,4-5,12H2,1H3. The van der Waals surface area contributed by atoms with Crippen molar-refractivity contribution < 1.29 is 0 Å². The predicted octanol–water partition coefficient (Wildman–Crippen LogP) is 1.80. The number of imidazole rings is 1. The summed E-state index contributed by atoms with van der Waals surface area (Å²) < 4.78 is 1.99. The Kier molecular flexibility index (Phi) is 2.44. The van der Waals surface area contributed by atoms with Crippen molar-refractivity contribution in [1.29, 1.82) is 0 Å². The van der Waals surface area contributed by atoms with Crippen molar-refractivity contribution in [1.82, 2.24) is 9.38 Å². The Labute approximate surface area is 87.5 Å². The van der Waals surface area contributed by atoms with E-state index in [0.717, 1.165) is 28.5 Å². The number of nitrogens with two attached hydrogens (primary N) is 1. The van der Waals surface area contributed by atoms with Gasteiger partial charge in [0.05, 0.1) is 10.7 Å². The van der Waals surface area contributed by atoms with Crippen LogP contribution in [0.15, 0.2) is 18.3 Å². The molecular formula is C10H12ClN3. The first kappa shape index (κ1) is 9.49. The van der Waals surface area contributed by atoms with E-state index in [1.807, 2.05) is 29.7 Å². The van der Waals surface area contributed by atoms with Crippen molar-refractivity contribution in [3.63, 3.8) is 0 Å². The molecule has 3 nitrogen and oxygen atoms in total. The van der Waals surface area contributed by atoms with Gasteiger partial charge in [-0.05, 0) is 25.6 Å². The van der Waals surface area contributed by atoms with Gasteiger partial charge in [0.1, 0.15) is 5.65 Å². The van der Waals surface area contributed by atoms with Crippen LogP contribution in [-0.2, 0) is 6.42 Å². The lowest BCUT2D eigenvalue weighted by Gasteiger charge is -1.97. The molecule has 74 valence electrons. The Morgan fingerprint density at radius 2 is 2.29 bits per heavy atom. The largest absolute Gasteiger partial charge is 0.330 e. The second kappa shape index (κ2) is 3.59. The lowest BCUT2D eigenvalue weighted by Crippen LogP contribution is -2.04. The maximum Gasteiger partial charge on any atom is 0.137 e. The van der Waals surface area contributed by atoms with Gasteiger partial charge in [-0.1, -0.05) is 11.6 Å². The van der Waals surface area contributed by atoms with E-state index in [9.17, 15) is 0 Å². The van der Waals surface area contributed by atoms with E-state index in [0.29, 0.717) is 6.54 Å². The lowest BCUT2D eigenvalue weighted by atomic mass is 10.2. The van der Waals surface area contributed by atoms with E-state index in [2.05, 4.69) is 4.98 Å².